The van der Waals surface area contributed by atoms with Gasteiger partial charge in [0.15, 0.2) is 12.6 Å². The van der Waals surface area contributed by atoms with Crippen LogP contribution in [0.1, 0.15) is 18.1 Å². The Kier molecular flexibility index (Phi) is 8.68. The molecule has 150 valence electrons. The molecule has 0 aliphatic carbocycles. The van der Waals surface area contributed by atoms with E-state index >= 15 is 0 Å². The highest BCUT2D eigenvalue weighted by molar-refractivity contribution is 7.98. The molecule has 7 heteroatoms. The monoisotopic (exact) mass is 400 g/mol. The highest BCUT2D eigenvalue weighted by Crippen LogP contribution is 2.16. The minimum atomic E-state index is -0.495. The SMILES string of the molecule is CCNC(=NCc1cccc(OCC(N)=O)c1)N(C)Cc1ccc(SC)cc1. The number of nitrogens with zero attached hydrogens (tertiary/aromatic N) is 2. The van der Waals surface area contributed by atoms with Crippen LogP contribution in [0.4, 0.5) is 0 Å². The fourth-order valence-electron chi connectivity index (χ4n) is 2.60. The maximum Gasteiger partial charge on any atom is 0.255 e. The van der Waals surface area contributed by atoms with Gasteiger partial charge in [-0.2, -0.15) is 0 Å². The number of hydrogen-bond donors (Lipinski definition) is 2. The molecule has 2 rings (SSSR count). The summed E-state index contributed by atoms with van der Waals surface area (Å²) in [5.74, 6) is 0.948. The average Bonchev–Trinajstić information content (AvgIpc) is 2.70. The molecule has 0 heterocycles. The van der Waals surface area contributed by atoms with Crippen molar-refractivity contribution >= 4 is 23.6 Å². The van der Waals surface area contributed by atoms with Gasteiger partial charge in [-0.15, -0.1) is 11.8 Å². The molecule has 2 aromatic carbocycles. The first-order chi connectivity index (χ1) is 13.5. The van der Waals surface area contributed by atoms with Gasteiger partial charge in [-0.3, -0.25) is 4.79 Å². The maximum absolute atomic E-state index is 10.9. The van der Waals surface area contributed by atoms with Gasteiger partial charge in [-0.05, 0) is 48.6 Å². The van der Waals surface area contributed by atoms with Crippen molar-refractivity contribution in [2.24, 2.45) is 10.7 Å². The Morgan fingerprint density at radius 2 is 1.96 bits per heavy atom. The quantitative estimate of drug-likeness (QED) is 0.384. The van der Waals surface area contributed by atoms with E-state index < -0.39 is 5.91 Å². The maximum atomic E-state index is 10.9. The summed E-state index contributed by atoms with van der Waals surface area (Å²) in [5, 5.41) is 3.33. The molecule has 0 saturated heterocycles. The summed E-state index contributed by atoms with van der Waals surface area (Å²) in [6.07, 6.45) is 2.07. The normalized spacial score (nSPS) is 11.2. The van der Waals surface area contributed by atoms with Crippen LogP contribution in [-0.2, 0) is 17.9 Å². The lowest BCUT2D eigenvalue weighted by atomic mass is 10.2. The third-order valence-electron chi connectivity index (χ3n) is 3.97. The van der Waals surface area contributed by atoms with Gasteiger partial charge in [0.2, 0.25) is 0 Å². The van der Waals surface area contributed by atoms with Crippen LogP contribution in [-0.4, -0.2) is 43.2 Å². The Labute approximate surface area is 171 Å². The average molecular weight is 401 g/mol. The smallest absolute Gasteiger partial charge is 0.255 e. The van der Waals surface area contributed by atoms with E-state index in [1.807, 2.05) is 25.2 Å². The first-order valence-electron chi connectivity index (χ1n) is 9.14. The van der Waals surface area contributed by atoms with Crippen LogP contribution < -0.4 is 15.8 Å². The summed E-state index contributed by atoms with van der Waals surface area (Å²) in [4.78, 5) is 19.0. The molecule has 2 aromatic rings. The van der Waals surface area contributed by atoms with Crippen LogP contribution >= 0.6 is 11.8 Å². The number of carbonyl (C=O) groups excluding carboxylic acids is 1. The van der Waals surface area contributed by atoms with Crippen molar-refractivity contribution in [3.63, 3.8) is 0 Å². The topological polar surface area (TPSA) is 80.0 Å². The molecular weight excluding hydrogens is 372 g/mol. The zero-order valence-electron chi connectivity index (χ0n) is 16.6. The number of benzene rings is 2. The van der Waals surface area contributed by atoms with Gasteiger partial charge in [0.05, 0.1) is 6.54 Å². The lowest BCUT2D eigenvalue weighted by Crippen LogP contribution is -2.38. The molecule has 0 aliphatic rings. The second-order valence-corrected chi connectivity index (χ2v) is 7.16. The standard InChI is InChI=1S/C21H28N4O2S/c1-4-23-21(25(2)14-16-8-10-19(28-3)11-9-16)24-13-17-6-5-7-18(12-17)27-15-20(22)26/h5-12H,4,13-15H2,1-3H3,(H2,22,26)(H,23,24). The van der Waals surface area contributed by atoms with Crippen molar-refractivity contribution in [1.82, 2.24) is 10.2 Å². The fourth-order valence-corrected chi connectivity index (χ4v) is 3.01. The van der Waals surface area contributed by atoms with Crippen molar-refractivity contribution in [1.29, 1.82) is 0 Å². The van der Waals surface area contributed by atoms with Crippen molar-refractivity contribution in [2.45, 2.75) is 24.9 Å². The highest BCUT2D eigenvalue weighted by Gasteiger charge is 2.07. The fraction of sp³-hybridized carbons (Fsp3) is 0.333. The number of ether oxygens (including phenoxy) is 1. The van der Waals surface area contributed by atoms with Crippen LogP contribution in [0.3, 0.4) is 0 Å². The number of hydrogen-bond acceptors (Lipinski definition) is 4. The molecule has 3 N–H and O–H groups in total. The lowest BCUT2D eigenvalue weighted by Gasteiger charge is -2.22. The predicted octanol–water partition coefficient (Wildman–Crippen LogP) is 2.87. The number of amides is 1. The van der Waals surface area contributed by atoms with Crippen molar-refractivity contribution in [2.75, 3.05) is 26.5 Å². The van der Waals surface area contributed by atoms with Gasteiger partial charge >= 0.3 is 0 Å². The number of nitrogens with one attached hydrogen (secondary N) is 1. The molecule has 1 amide bonds. The molecule has 0 bridgehead atoms. The van der Waals surface area contributed by atoms with E-state index in [1.165, 1.54) is 10.5 Å². The van der Waals surface area contributed by atoms with Crippen molar-refractivity contribution < 1.29 is 9.53 Å². The number of nitrogens with two attached hydrogens (primary N) is 1. The van der Waals surface area contributed by atoms with Crippen LogP contribution in [0.25, 0.3) is 0 Å². The van der Waals surface area contributed by atoms with Crippen molar-refractivity contribution in [3.8, 4) is 5.75 Å². The number of aliphatic imine (C=N–C) groups is 1. The molecule has 0 saturated carbocycles. The van der Waals surface area contributed by atoms with E-state index in [-0.39, 0.29) is 6.61 Å². The van der Waals surface area contributed by atoms with Gasteiger partial charge in [-0.1, -0.05) is 24.3 Å². The summed E-state index contributed by atoms with van der Waals surface area (Å²) in [5.41, 5.74) is 7.35. The first kappa shape index (κ1) is 21.6. The summed E-state index contributed by atoms with van der Waals surface area (Å²) in [6.45, 7) is 3.98. The lowest BCUT2D eigenvalue weighted by molar-refractivity contribution is -0.119. The van der Waals surface area contributed by atoms with E-state index in [1.54, 1.807) is 17.8 Å². The van der Waals surface area contributed by atoms with Crippen molar-refractivity contribution in [3.05, 3.63) is 59.7 Å². The minimum absolute atomic E-state index is 0.132. The molecule has 0 aromatic heterocycles. The Balaban J connectivity index is 2.04. The zero-order valence-corrected chi connectivity index (χ0v) is 17.5. The molecule has 28 heavy (non-hydrogen) atoms. The number of guanidine groups is 1. The van der Waals surface area contributed by atoms with E-state index in [9.17, 15) is 4.79 Å². The number of primary amides is 1. The largest absolute Gasteiger partial charge is 0.484 e. The molecule has 0 atom stereocenters. The molecule has 0 radical (unpaired) electrons. The van der Waals surface area contributed by atoms with Gasteiger partial charge in [0, 0.05) is 25.0 Å². The second-order valence-electron chi connectivity index (χ2n) is 6.28. The summed E-state index contributed by atoms with van der Waals surface area (Å²) < 4.78 is 5.36. The van der Waals surface area contributed by atoms with E-state index in [4.69, 9.17) is 15.5 Å². The Bertz CT molecular complexity index is 793. The van der Waals surface area contributed by atoms with E-state index in [2.05, 4.69) is 47.7 Å². The molecule has 0 aliphatic heterocycles. The van der Waals surface area contributed by atoms with Gasteiger partial charge in [-0.25, -0.2) is 4.99 Å². The highest BCUT2D eigenvalue weighted by atomic mass is 32.2. The van der Waals surface area contributed by atoms with Gasteiger partial charge < -0.3 is 20.7 Å². The Morgan fingerprint density at radius 1 is 1.21 bits per heavy atom. The summed E-state index contributed by atoms with van der Waals surface area (Å²) in [7, 11) is 2.02. The Morgan fingerprint density at radius 3 is 2.61 bits per heavy atom. The third-order valence-corrected chi connectivity index (χ3v) is 4.71. The molecule has 6 nitrogen and oxygen atoms in total. The van der Waals surface area contributed by atoms with Crippen LogP contribution in [0.15, 0.2) is 58.4 Å². The van der Waals surface area contributed by atoms with Crippen LogP contribution in [0, 0.1) is 0 Å². The number of rotatable bonds is 9. The molecular formula is C21H28N4O2S. The zero-order chi connectivity index (χ0) is 20.4. The number of thioether (sulfide) groups is 1. The Hall–Kier alpha value is -2.67. The predicted molar refractivity (Wildman–Crippen MR) is 116 cm³/mol. The van der Waals surface area contributed by atoms with Crippen LogP contribution in [0.5, 0.6) is 5.75 Å². The number of carbonyl (C=O) groups is 1. The van der Waals surface area contributed by atoms with Crippen LogP contribution in [0.2, 0.25) is 0 Å². The molecule has 0 unspecified atom stereocenters. The van der Waals surface area contributed by atoms with E-state index in [0.29, 0.717) is 12.3 Å². The van der Waals surface area contributed by atoms with E-state index in [0.717, 1.165) is 24.6 Å². The summed E-state index contributed by atoms with van der Waals surface area (Å²) >= 11 is 1.74. The third kappa shape index (κ3) is 7.15. The second kappa shape index (κ2) is 11.2. The minimum Gasteiger partial charge on any atom is -0.484 e. The first-order valence-corrected chi connectivity index (χ1v) is 10.4. The summed E-state index contributed by atoms with van der Waals surface area (Å²) in [6, 6.07) is 16.1. The molecule has 0 fully saturated rings. The van der Waals surface area contributed by atoms with Gasteiger partial charge in [0.25, 0.3) is 5.91 Å². The van der Waals surface area contributed by atoms with Gasteiger partial charge in [0.1, 0.15) is 5.75 Å². The molecule has 0 spiro atoms.